The van der Waals surface area contributed by atoms with Gasteiger partial charge in [0.15, 0.2) is 0 Å². The highest BCUT2D eigenvalue weighted by Gasteiger charge is 2.10. The Morgan fingerprint density at radius 2 is 2.00 bits per heavy atom. The quantitative estimate of drug-likeness (QED) is 0.698. The lowest BCUT2D eigenvalue weighted by atomic mass is 10.1. The van der Waals surface area contributed by atoms with Crippen molar-refractivity contribution in [2.45, 2.75) is 33.2 Å². The molecule has 2 amide bonds. The van der Waals surface area contributed by atoms with Crippen molar-refractivity contribution >= 4 is 17.5 Å². The Balaban J connectivity index is 2.48. The molecule has 1 rings (SSSR count). The second-order valence-corrected chi connectivity index (χ2v) is 4.80. The molecule has 1 aromatic rings. The number of nitrogens with two attached hydrogens (primary N) is 1. The molecular formula is C14H21N3O2. The first-order valence-electron chi connectivity index (χ1n) is 6.34. The standard InChI is InChI=1S/C14H21N3O2/c1-9(2)17-13(18)6-7-16-14(19)12-8-11(15)5-4-10(12)3/h4-5,8-9H,6-7,15H2,1-3H3,(H,16,19)(H,17,18). The van der Waals surface area contributed by atoms with E-state index in [-0.39, 0.29) is 24.3 Å². The van der Waals surface area contributed by atoms with Gasteiger partial charge in [-0.05, 0) is 38.5 Å². The SMILES string of the molecule is Cc1ccc(N)cc1C(=O)NCCC(=O)NC(C)C. The van der Waals surface area contributed by atoms with E-state index < -0.39 is 0 Å². The summed E-state index contributed by atoms with van der Waals surface area (Å²) in [6, 6.07) is 5.30. The summed E-state index contributed by atoms with van der Waals surface area (Å²) in [6.45, 7) is 5.95. The number of nitrogens with one attached hydrogen (secondary N) is 2. The van der Waals surface area contributed by atoms with E-state index in [1.165, 1.54) is 0 Å². The highest BCUT2D eigenvalue weighted by molar-refractivity contribution is 5.96. The third kappa shape index (κ3) is 4.99. The fraction of sp³-hybridized carbons (Fsp3) is 0.429. The molecule has 0 unspecified atom stereocenters. The molecule has 19 heavy (non-hydrogen) atoms. The van der Waals surface area contributed by atoms with Gasteiger partial charge in [0.25, 0.3) is 5.91 Å². The summed E-state index contributed by atoms with van der Waals surface area (Å²) < 4.78 is 0. The summed E-state index contributed by atoms with van der Waals surface area (Å²) in [5, 5.41) is 5.48. The maximum Gasteiger partial charge on any atom is 0.251 e. The Bertz CT molecular complexity index is 470. The molecule has 0 aliphatic heterocycles. The lowest BCUT2D eigenvalue weighted by Crippen LogP contribution is -2.34. The van der Waals surface area contributed by atoms with Crippen LogP contribution < -0.4 is 16.4 Å². The Hall–Kier alpha value is -2.04. The van der Waals surface area contributed by atoms with Crippen LogP contribution in [-0.4, -0.2) is 24.4 Å². The lowest BCUT2D eigenvalue weighted by Gasteiger charge is -2.10. The van der Waals surface area contributed by atoms with Gasteiger partial charge >= 0.3 is 0 Å². The zero-order valence-corrected chi connectivity index (χ0v) is 11.6. The van der Waals surface area contributed by atoms with E-state index in [1.54, 1.807) is 18.2 Å². The van der Waals surface area contributed by atoms with Crippen LogP contribution >= 0.6 is 0 Å². The fourth-order valence-electron chi connectivity index (χ4n) is 1.66. The van der Waals surface area contributed by atoms with Crippen molar-refractivity contribution in [3.05, 3.63) is 29.3 Å². The van der Waals surface area contributed by atoms with Crippen molar-refractivity contribution in [2.75, 3.05) is 12.3 Å². The van der Waals surface area contributed by atoms with Gasteiger partial charge in [-0.2, -0.15) is 0 Å². The zero-order chi connectivity index (χ0) is 14.4. The van der Waals surface area contributed by atoms with E-state index in [2.05, 4.69) is 10.6 Å². The summed E-state index contributed by atoms with van der Waals surface area (Å²) in [6.07, 6.45) is 0.269. The molecule has 0 bridgehead atoms. The number of amides is 2. The highest BCUT2D eigenvalue weighted by Crippen LogP contribution is 2.12. The molecule has 0 aliphatic carbocycles. The number of carbonyl (C=O) groups excluding carboxylic acids is 2. The number of aryl methyl sites for hydroxylation is 1. The van der Waals surface area contributed by atoms with Crippen molar-refractivity contribution in [2.24, 2.45) is 0 Å². The normalized spacial score (nSPS) is 10.3. The predicted octanol–water partition coefficient (Wildman–Crippen LogP) is 1.22. The molecule has 0 saturated carbocycles. The first kappa shape index (κ1) is 15.0. The molecule has 0 aromatic heterocycles. The average molecular weight is 263 g/mol. The summed E-state index contributed by atoms with van der Waals surface area (Å²) in [4.78, 5) is 23.3. The van der Waals surface area contributed by atoms with Gasteiger partial charge in [-0.3, -0.25) is 9.59 Å². The Morgan fingerprint density at radius 3 is 2.63 bits per heavy atom. The molecule has 0 heterocycles. The van der Waals surface area contributed by atoms with E-state index >= 15 is 0 Å². The molecule has 1 aromatic carbocycles. The van der Waals surface area contributed by atoms with Gasteiger partial charge < -0.3 is 16.4 Å². The maximum atomic E-state index is 11.9. The number of hydrogen-bond acceptors (Lipinski definition) is 3. The Labute approximate surface area is 113 Å². The monoisotopic (exact) mass is 263 g/mol. The molecule has 0 radical (unpaired) electrons. The third-order valence-corrected chi connectivity index (χ3v) is 2.59. The first-order chi connectivity index (χ1) is 8.90. The predicted molar refractivity (Wildman–Crippen MR) is 75.8 cm³/mol. The largest absolute Gasteiger partial charge is 0.399 e. The first-order valence-corrected chi connectivity index (χ1v) is 6.34. The van der Waals surface area contributed by atoms with Gasteiger partial charge in [0.05, 0.1) is 0 Å². The van der Waals surface area contributed by atoms with E-state index in [0.29, 0.717) is 17.8 Å². The molecule has 5 nitrogen and oxygen atoms in total. The fourth-order valence-corrected chi connectivity index (χ4v) is 1.66. The second kappa shape index (κ2) is 6.78. The molecular weight excluding hydrogens is 242 g/mol. The molecule has 0 aliphatic rings. The molecule has 4 N–H and O–H groups in total. The minimum absolute atomic E-state index is 0.0698. The minimum Gasteiger partial charge on any atom is -0.399 e. The number of benzene rings is 1. The smallest absolute Gasteiger partial charge is 0.251 e. The van der Waals surface area contributed by atoms with Crippen LogP contribution in [0.1, 0.15) is 36.2 Å². The number of nitrogen functional groups attached to an aromatic ring is 1. The second-order valence-electron chi connectivity index (χ2n) is 4.80. The molecule has 0 saturated heterocycles. The van der Waals surface area contributed by atoms with Crippen LogP contribution in [0.2, 0.25) is 0 Å². The Morgan fingerprint density at radius 1 is 1.32 bits per heavy atom. The van der Waals surface area contributed by atoms with Crippen LogP contribution in [0.25, 0.3) is 0 Å². The van der Waals surface area contributed by atoms with Crippen molar-refractivity contribution in [3.8, 4) is 0 Å². The van der Waals surface area contributed by atoms with Gasteiger partial charge in [0, 0.05) is 30.3 Å². The number of hydrogen-bond donors (Lipinski definition) is 3. The van der Waals surface area contributed by atoms with Gasteiger partial charge in [0.2, 0.25) is 5.91 Å². The minimum atomic E-state index is -0.206. The average Bonchev–Trinajstić information content (AvgIpc) is 2.31. The summed E-state index contributed by atoms with van der Waals surface area (Å²) in [5.74, 6) is -0.276. The van der Waals surface area contributed by atoms with Crippen molar-refractivity contribution in [1.82, 2.24) is 10.6 Å². The molecule has 5 heteroatoms. The zero-order valence-electron chi connectivity index (χ0n) is 11.6. The molecule has 0 atom stereocenters. The van der Waals surface area contributed by atoms with E-state index in [0.717, 1.165) is 5.56 Å². The highest BCUT2D eigenvalue weighted by atomic mass is 16.2. The van der Waals surface area contributed by atoms with Crippen LogP contribution in [0.5, 0.6) is 0 Å². The van der Waals surface area contributed by atoms with Crippen molar-refractivity contribution in [3.63, 3.8) is 0 Å². The maximum absolute atomic E-state index is 11.9. The van der Waals surface area contributed by atoms with Gasteiger partial charge in [-0.25, -0.2) is 0 Å². The van der Waals surface area contributed by atoms with E-state index in [4.69, 9.17) is 5.73 Å². The van der Waals surface area contributed by atoms with Gasteiger partial charge in [0.1, 0.15) is 0 Å². The number of anilines is 1. The van der Waals surface area contributed by atoms with Crippen LogP contribution in [0.15, 0.2) is 18.2 Å². The van der Waals surface area contributed by atoms with Crippen LogP contribution in [-0.2, 0) is 4.79 Å². The van der Waals surface area contributed by atoms with Crippen LogP contribution in [0.4, 0.5) is 5.69 Å². The van der Waals surface area contributed by atoms with Crippen molar-refractivity contribution < 1.29 is 9.59 Å². The molecule has 0 fully saturated rings. The van der Waals surface area contributed by atoms with Crippen molar-refractivity contribution in [1.29, 1.82) is 0 Å². The molecule has 0 spiro atoms. The van der Waals surface area contributed by atoms with Crippen LogP contribution in [0.3, 0.4) is 0 Å². The lowest BCUT2D eigenvalue weighted by molar-refractivity contribution is -0.121. The number of carbonyl (C=O) groups is 2. The summed E-state index contributed by atoms with van der Waals surface area (Å²) >= 11 is 0. The summed E-state index contributed by atoms with van der Waals surface area (Å²) in [5.41, 5.74) is 7.61. The third-order valence-electron chi connectivity index (χ3n) is 2.59. The van der Waals surface area contributed by atoms with Crippen LogP contribution in [0, 0.1) is 6.92 Å². The van der Waals surface area contributed by atoms with Gasteiger partial charge in [-0.15, -0.1) is 0 Å². The topological polar surface area (TPSA) is 84.2 Å². The summed E-state index contributed by atoms with van der Waals surface area (Å²) in [7, 11) is 0. The van der Waals surface area contributed by atoms with E-state index in [1.807, 2.05) is 20.8 Å². The Kier molecular flexibility index (Phi) is 5.36. The molecule has 104 valence electrons. The number of rotatable bonds is 5. The van der Waals surface area contributed by atoms with E-state index in [9.17, 15) is 9.59 Å². The van der Waals surface area contributed by atoms with Gasteiger partial charge in [-0.1, -0.05) is 6.07 Å².